The summed E-state index contributed by atoms with van der Waals surface area (Å²) in [7, 11) is 0. The lowest BCUT2D eigenvalue weighted by atomic mass is 9.62. The first kappa shape index (κ1) is 25.4. The van der Waals surface area contributed by atoms with Gasteiger partial charge in [-0.25, -0.2) is 0 Å². The van der Waals surface area contributed by atoms with E-state index >= 15 is 0 Å². The van der Waals surface area contributed by atoms with Gasteiger partial charge in [-0.05, 0) is 53.1 Å². The van der Waals surface area contributed by atoms with Crippen LogP contribution in [-0.2, 0) is 10.2 Å². The number of amides is 1. The molecule has 4 atom stereocenters. The molecular formula is C34H24N4O4. The number of hydrogen-bond acceptors (Lipinski definition) is 7. The van der Waals surface area contributed by atoms with Crippen LogP contribution in [-0.4, -0.2) is 40.0 Å². The number of fused-ring (bicyclic) bond motifs is 6. The number of benzene rings is 3. The Hall–Kier alpha value is -5.55. The molecule has 1 spiro atoms. The summed E-state index contributed by atoms with van der Waals surface area (Å²) in [6, 6.07) is 25.3. The van der Waals surface area contributed by atoms with Crippen LogP contribution < -0.4 is 10.1 Å². The van der Waals surface area contributed by atoms with E-state index in [0.717, 1.165) is 11.1 Å². The van der Waals surface area contributed by atoms with Crippen LogP contribution >= 0.6 is 0 Å². The van der Waals surface area contributed by atoms with Gasteiger partial charge in [0.1, 0.15) is 23.3 Å². The maximum Gasteiger partial charge on any atom is 0.238 e. The first-order chi connectivity index (χ1) is 20.6. The molecule has 1 amide bonds. The van der Waals surface area contributed by atoms with Gasteiger partial charge in [-0.2, -0.15) is 5.26 Å². The number of ketones is 2. The van der Waals surface area contributed by atoms with Crippen molar-refractivity contribution in [2.45, 2.75) is 17.5 Å². The van der Waals surface area contributed by atoms with E-state index in [1.165, 1.54) is 12.4 Å². The molecule has 8 heteroatoms. The third-order valence-electron chi connectivity index (χ3n) is 8.53. The van der Waals surface area contributed by atoms with E-state index in [2.05, 4.69) is 10.3 Å². The lowest BCUT2D eigenvalue weighted by Gasteiger charge is -2.38. The van der Waals surface area contributed by atoms with Gasteiger partial charge in [0.05, 0.1) is 17.5 Å². The summed E-state index contributed by atoms with van der Waals surface area (Å²) in [5.41, 5.74) is 2.22. The van der Waals surface area contributed by atoms with Crippen LogP contribution in [0, 0.1) is 17.2 Å². The maximum absolute atomic E-state index is 14.8. The number of carbonyl (C=O) groups is 3. The topological polar surface area (TPSA) is 112 Å². The number of pyridine rings is 1. The van der Waals surface area contributed by atoms with Crippen LogP contribution in [0.5, 0.6) is 5.75 Å². The monoisotopic (exact) mass is 552 g/mol. The molecular weight excluding hydrogens is 528 g/mol. The molecule has 8 nitrogen and oxygen atoms in total. The van der Waals surface area contributed by atoms with E-state index in [0.29, 0.717) is 16.8 Å². The first-order valence-electron chi connectivity index (χ1n) is 13.6. The van der Waals surface area contributed by atoms with Crippen molar-refractivity contribution in [1.29, 1.82) is 5.26 Å². The van der Waals surface area contributed by atoms with E-state index in [1.54, 1.807) is 36.4 Å². The number of nitrogens with zero attached hydrogens (tertiary/aromatic N) is 3. The Morgan fingerprint density at radius 2 is 1.69 bits per heavy atom. The summed E-state index contributed by atoms with van der Waals surface area (Å²) >= 11 is 0. The Morgan fingerprint density at radius 3 is 2.52 bits per heavy atom. The van der Waals surface area contributed by atoms with E-state index in [9.17, 15) is 14.4 Å². The van der Waals surface area contributed by atoms with Crippen molar-refractivity contribution in [2.24, 2.45) is 5.92 Å². The van der Waals surface area contributed by atoms with Gasteiger partial charge in [0, 0.05) is 29.8 Å². The van der Waals surface area contributed by atoms with Crippen molar-refractivity contribution in [3.05, 3.63) is 131 Å². The highest BCUT2D eigenvalue weighted by Gasteiger charge is 2.70. The number of Topliss-reactive ketones (excluding diaryl/α,β-unsaturated/α-hetero) is 2. The van der Waals surface area contributed by atoms with Gasteiger partial charge < -0.3 is 15.0 Å². The lowest BCUT2D eigenvalue weighted by molar-refractivity contribution is -0.122. The summed E-state index contributed by atoms with van der Waals surface area (Å²) < 4.78 is 5.64. The second-order valence-corrected chi connectivity index (χ2v) is 10.5. The Balaban J connectivity index is 1.52. The average Bonchev–Trinajstić information content (AvgIpc) is 3.52. The largest absolute Gasteiger partial charge is 0.478 e. The van der Waals surface area contributed by atoms with Crippen molar-refractivity contribution in [3.8, 4) is 11.8 Å². The van der Waals surface area contributed by atoms with Gasteiger partial charge in [-0.15, -0.1) is 0 Å². The molecule has 1 aromatic heterocycles. The fourth-order valence-corrected chi connectivity index (χ4v) is 6.93. The Bertz CT molecular complexity index is 1830. The molecule has 0 bridgehead atoms. The smallest absolute Gasteiger partial charge is 0.238 e. The van der Waals surface area contributed by atoms with E-state index in [-0.39, 0.29) is 35.4 Å². The minimum atomic E-state index is -1.43. The van der Waals surface area contributed by atoms with Gasteiger partial charge in [0.2, 0.25) is 5.91 Å². The normalized spacial score (nSPS) is 23.0. The number of rotatable bonds is 6. The highest BCUT2D eigenvalue weighted by Crippen LogP contribution is 2.62. The Kier molecular flexibility index (Phi) is 5.94. The first-order valence-corrected chi connectivity index (χ1v) is 13.6. The fourth-order valence-electron chi connectivity index (χ4n) is 6.93. The second-order valence-electron chi connectivity index (χ2n) is 10.5. The van der Waals surface area contributed by atoms with Crippen LogP contribution in [0.2, 0.25) is 0 Å². The number of anilines is 1. The number of nitrogens with one attached hydrogen (secondary N) is 1. The number of nitriles is 1. The highest BCUT2D eigenvalue weighted by atomic mass is 16.5. The SMILES string of the molecule is N#CCOc1ccccc1C(=O)[C@@H]1[C@H](C(=O)c2ccncc2)[C@@]2(C(=O)Nc3ccccc32)[C@H]2c3ccccc3C=CN12. The van der Waals surface area contributed by atoms with Crippen LogP contribution in [0.25, 0.3) is 6.08 Å². The third kappa shape index (κ3) is 3.53. The number of aromatic nitrogens is 1. The van der Waals surface area contributed by atoms with Gasteiger partial charge in [-0.3, -0.25) is 19.4 Å². The average molecular weight is 553 g/mol. The zero-order valence-electron chi connectivity index (χ0n) is 22.3. The second kappa shape index (κ2) is 9.82. The summed E-state index contributed by atoms with van der Waals surface area (Å²) in [5, 5.41) is 12.2. The summed E-state index contributed by atoms with van der Waals surface area (Å²) in [6.07, 6.45) is 6.80. The fraction of sp³-hybridized carbons (Fsp3) is 0.147. The molecule has 0 saturated carbocycles. The molecule has 42 heavy (non-hydrogen) atoms. The summed E-state index contributed by atoms with van der Waals surface area (Å²) in [5.74, 6) is -1.91. The van der Waals surface area contributed by atoms with Crippen molar-refractivity contribution < 1.29 is 19.1 Å². The molecule has 0 radical (unpaired) electrons. The summed E-state index contributed by atoms with van der Waals surface area (Å²) in [6.45, 7) is -0.242. The van der Waals surface area contributed by atoms with E-state index in [1.807, 2.05) is 71.8 Å². The minimum Gasteiger partial charge on any atom is -0.478 e. The molecule has 1 N–H and O–H groups in total. The number of ether oxygens (including phenoxy) is 1. The molecule has 3 aliphatic heterocycles. The highest BCUT2D eigenvalue weighted by molar-refractivity contribution is 6.17. The number of para-hydroxylation sites is 2. The molecule has 7 rings (SSSR count). The van der Waals surface area contributed by atoms with Gasteiger partial charge >= 0.3 is 0 Å². The van der Waals surface area contributed by atoms with Gasteiger partial charge in [0.15, 0.2) is 18.2 Å². The summed E-state index contributed by atoms with van der Waals surface area (Å²) in [4.78, 5) is 49.9. The quantitative estimate of drug-likeness (QED) is 0.336. The molecule has 4 heterocycles. The lowest BCUT2D eigenvalue weighted by Crippen LogP contribution is -2.49. The Morgan fingerprint density at radius 1 is 0.952 bits per heavy atom. The number of hydrogen-bond donors (Lipinski definition) is 1. The zero-order chi connectivity index (χ0) is 28.8. The maximum atomic E-state index is 14.8. The molecule has 1 fully saturated rings. The molecule has 3 aromatic carbocycles. The van der Waals surface area contributed by atoms with Crippen molar-refractivity contribution in [2.75, 3.05) is 11.9 Å². The molecule has 1 saturated heterocycles. The molecule has 0 unspecified atom stereocenters. The Labute approximate surface area is 241 Å². The number of carbonyl (C=O) groups excluding carboxylic acids is 3. The molecule has 4 aromatic rings. The van der Waals surface area contributed by atoms with E-state index < -0.39 is 23.4 Å². The van der Waals surface area contributed by atoms with Crippen molar-refractivity contribution in [1.82, 2.24) is 9.88 Å². The van der Waals surface area contributed by atoms with Crippen molar-refractivity contribution >= 4 is 29.2 Å². The molecule has 3 aliphatic rings. The minimum absolute atomic E-state index is 0.236. The van der Waals surface area contributed by atoms with Crippen LogP contribution in [0.1, 0.15) is 43.4 Å². The van der Waals surface area contributed by atoms with Crippen LogP contribution in [0.15, 0.2) is 104 Å². The van der Waals surface area contributed by atoms with Gasteiger partial charge in [0.25, 0.3) is 0 Å². The van der Waals surface area contributed by atoms with Crippen LogP contribution in [0.4, 0.5) is 5.69 Å². The zero-order valence-corrected chi connectivity index (χ0v) is 22.3. The molecule has 0 aliphatic carbocycles. The standard InChI is InChI=1S/C34H24N4O4/c35-16-20-42-27-12-6-3-9-24(27)31(40)29-28(30(39)22-13-17-36-18-14-22)34(25-10-4-5-11-26(25)37-33(34)41)32-23-8-2-1-7-21(23)15-19-38(29)32/h1-15,17-19,28-29,32H,20H2,(H,37,41)/t28-,29+,32-,34-/m1/s1. The van der Waals surface area contributed by atoms with Crippen LogP contribution in [0.3, 0.4) is 0 Å². The predicted octanol–water partition coefficient (Wildman–Crippen LogP) is 4.97. The predicted molar refractivity (Wildman–Crippen MR) is 155 cm³/mol. The van der Waals surface area contributed by atoms with Crippen molar-refractivity contribution in [3.63, 3.8) is 0 Å². The third-order valence-corrected chi connectivity index (χ3v) is 8.53. The molecule has 204 valence electrons. The van der Waals surface area contributed by atoms with E-state index in [4.69, 9.17) is 10.00 Å². The van der Waals surface area contributed by atoms with Gasteiger partial charge in [-0.1, -0.05) is 54.6 Å².